The fourth-order valence-electron chi connectivity index (χ4n) is 9.13. The molecule has 4 rings (SSSR count). The van der Waals surface area contributed by atoms with Crippen LogP contribution < -0.4 is 0 Å². The first-order valence-electron chi connectivity index (χ1n) is 13.4. The molecule has 0 heterocycles. The summed E-state index contributed by atoms with van der Waals surface area (Å²) in [6.45, 7) is 6.72. The maximum absolute atomic E-state index is 11.7. The lowest BCUT2D eigenvalue weighted by Crippen LogP contribution is -2.63. The van der Waals surface area contributed by atoms with E-state index >= 15 is 0 Å². The second-order valence-electron chi connectivity index (χ2n) is 12.4. The lowest BCUT2D eigenvalue weighted by Gasteiger charge is -2.64. The van der Waals surface area contributed by atoms with Crippen molar-refractivity contribution in [3.05, 3.63) is 0 Å². The molecule has 4 aliphatic carbocycles. The van der Waals surface area contributed by atoms with E-state index in [0.717, 1.165) is 25.7 Å². The Balaban J connectivity index is 1.54. The van der Waals surface area contributed by atoms with Crippen LogP contribution in [0.1, 0.15) is 78.6 Å². The molecule has 4 fully saturated rings. The van der Waals surface area contributed by atoms with Crippen molar-refractivity contribution in [2.24, 2.45) is 46.3 Å². The van der Waals surface area contributed by atoms with Gasteiger partial charge in [-0.1, -0.05) is 20.8 Å². The molecular formula is C27H46O7. The lowest BCUT2D eigenvalue weighted by molar-refractivity contribution is -0.275. The molecule has 34 heavy (non-hydrogen) atoms. The summed E-state index contributed by atoms with van der Waals surface area (Å²) in [5.74, 6) is -0.0677. The number of hydrogen-bond acceptors (Lipinski definition) is 7. The van der Waals surface area contributed by atoms with Gasteiger partial charge in [0.1, 0.15) is 0 Å². The molecule has 0 saturated heterocycles. The summed E-state index contributed by atoms with van der Waals surface area (Å²) in [7, 11) is 1.42. The van der Waals surface area contributed by atoms with Gasteiger partial charge < -0.3 is 29.9 Å². The molecule has 0 radical (unpaired) electrons. The average molecular weight is 483 g/mol. The minimum Gasteiger partial charge on any atom is -0.469 e. The first kappa shape index (κ1) is 26.3. The standard InChI is InChI=1S/C27H46O7/c1-16(5-8-23(31)33-4)18-6-7-19-24-20(14-22(30)26(18,19)3)25(2)9-10-27(32,34-12-11-28)15-17(25)13-21(24)29/h16-22,24,28-30,32H,5-15H2,1-4H3/t16-,17-,18-,19+,20+,21-,22+,24+,25+,26-,27+/m1/s1. The van der Waals surface area contributed by atoms with Crippen LogP contribution >= 0.6 is 0 Å². The molecule has 0 aromatic rings. The number of carbonyl (C=O) groups is 1. The predicted octanol–water partition coefficient (Wildman–Crippen LogP) is 2.87. The number of aliphatic hydroxyl groups excluding tert-OH is 3. The van der Waals surface area contributed by atoms with Gasteiger partial charge in [-0.25, -0.2) is 0 Å². The van der Waals surface area contributed by atoms with Crippen molar-refractivity contribution < 1.29 is 34.7 Å². The Hall–Kier alpha value is -0.730. The third kappa shape index (κ3) is 4.23. The van der Waals surface area contributed by atoms with E-state index in [-0.39, 0.29) is 53.7 Å². The first-order chi connectivity index (χ1) is 16.0. The van der Waals surface area contributed by atoms with Gasteiger partial charge in [0.2, 0.25) is 0 Å². The van der Waals surface area contributed by atoms with Gasteiger partial charge in [-0.3, -0.25) is 4.79 Å². The number of rotatable bonds is 7. The summed E-state index contributed by atoms with van der Waals surface area (Å²) in [5, 5.41) is 43.3. The lowest BCUT2D eigenvalue weighted by atomic mass is 9.43. The molecule has 4 N–H and O–H groups in total. The summed E-state index contributed by atoms with van der Waals surface area (Å²) in [6, 6.07) is 0. The molecule has 7 nitrogen and oxygen atoms in total. The van der Waals surface area contributed by atoms with E-state index in [1.54, 1.807) is 0 Å². The zero-order valence-electron chi connectivity index (χ0n) is 21.4. The SMILES string of the molecule is COC(=O)CC[C@@H](C)[C@H]1CC[C@H]2[C@@H]3[C@H](O)C[C@@H]4C[C@@](O)(OCCO)CC[C@]4(C)[C@H]3C[C@H](O)[C@]12C. The van der Waals surface area contributed by atoms with Crippen molar-refractivity contribution in [2.75, 3.05) is 20.3 Å². The van der Waals surface area contributed by atoms with Crippen LogP contribution in [0.25, 0.3) is 0 Å². The number of ether oxygens (including phenoxy) is 2. The van der Waals surface area contributed by atoms with E-state index in [0.29, 0.717) is 43.9 Å². The van der Waals surface area contributed by atoms with E-state index in [4.69, 9.17) is 14.6 Å². The van der Waals surface area contributed by atoms with Crippen molar-refractivity contribution in [1.29, 1.82) is 0 Å². The Morgan fingerprint density at radius 2 is 1.85 bits per heavy atom. The maximum Gasteiger partial charge on any atom is 0.305 e. The van der Waals surface area contributed by atoms with Crippen molar-refractivity contribution in [2.45, 2.75) is 96.6 Å². The third-order valence-electron chi connectivity index (χ3n) is 11.1. The summed E-state index contributed by atoms with van der Waals surface area (Å²) in [6.07, 6.45) is 5.39. The van der Waals surface area contributed by atoms with Crippen LogP contribution in [0.3, 0.4) is 0 Å². The van der Waals surface area contributed by atoms with Crippen LogP contribution in [0.2, 0.25) is 0 Å². The number of aliphatic hydroxyl groups is 4. The molecule has 0 aromatic carbocycles. The normalized spacial score (nSPS) is 49.0. The van der Waals surface area contributed by atoms with E-state index < -0.39 is 18.0 Å². The Kier molecular flexibility index (Phi) is 7.45. The third-order valence-corrected chi connectivity index (χ3v) is 11.1. The van der Waals surface area contributed by atoms with Gasteiger partial charge in [0.05, 0.1) is 32.5 Å². The number of carbonyl (C=O) groups excluding carboxylic acids is 1. The Morgan fingerprint density at radius 1 is 1.12 bits per heavy atom. The molecule has 0 amide bonds. The Labute approximate surface area is 204 Å². The second-order valence-corrected chi connectivity index (χ2v) is 12.4. The average Bonchev–Trinajstić information content (AvgIpc) is 3.16. The zero-order chi connectivity index (χ0) is 24.9. The highest BCUT2D eigenvalue weighted by molar-refractivity contribution is 5.69. The molecule has 0 aliphatic heterocycles. The van der Waals surface area contributed by atoms with Crippen molar-refractivity contribution in [3.8, 4) is 0 Å². The van der Waals surface area contributed by atoms with Crippen LogP contribution in [0.4, 0.5) is 0 Å². The van der Waals surface area contributed by atoms with Crippen molar-refractivity contribution in [1.82, 2.24) is 0 Å². The number of esters is 1. The second kappa shape index (κ2) is 9.62. The van der Waals surface area contributed by atoms with E-state index in [2.05, 4.69) is 20.8 Å². The van der Waals surface area contributed by atoms with Crippen LogP contribution in [0, 0.1) is 46.3 Å². The van der Waals surface area contributed by atoms with Crippen LogP contribution in [-0.2, 0) is 14.3 Å². The molecule has 11 atom stereocenters. The highest BCUT2D eigenvalue weighted by Gasteiger charge is 2.66. The Morgan fingerprint density at radius 3 is 2.53 bits per heavy atom. The van der Waals surface area contributed by atoms with Crippen LogP contribution in [0.15, 0.2) is 0 Å². The smallest absolute Gasteiger partial charge is 0.305 e. The molecule has 0 spiro atoms. The highest BCUT2D eigenvalue weighted by atomic mass is 16.6. The monoisotopic (exact) mass is 482 g/mol. The fraction of sp³-hybridized carbons (Fsp3) is 0.963. The fourth-order valence-corrected chi connectivity index (χ4v) is 9.13. The van der Waals surface area contributed by atoms with Crippen LogP contribution in [0.5, 0.6) is 0 Å². The minimum absolute atomic E-state index is 0.0599. The van der Waals surface area contributed by atoms with Crippen molar-refractivity contribution >= 4 is 5.97 Å². The van der Waals surface area contributed by atoms with E-state index in [9.17, 15) is 20.1 Å². The Bertz CT molecular complexity index is 744. The van der Waals surface area contributed by atoms with Gasteiger partial charge in [0, 0.05) is 19.3 Å². The molecule has 0 bridgehead atoms. The minimum atomic E-state index is -1.24. The zero-order valence-corrected chi connectivity index (χ0v) is 21.4. The molecule has 0 unspecified atom stereocenters. The van der Waals surface area contributed by atoms with Gasteiger partial charge in [-0.05, 0) is 84.9 Å². The number of hydrogen-bond donors (Lipinski definition) is 4. The quantitative estimate of drug-likeness (QED) is 0.326. The highest BCUT2D eigenvalue weighted by Crippen LogP contribution is 2.69. The van der Waals surface area contributed by atoms with Gasteiger partial charge in [-0.2, -0.15) is 0 Å². The van der Waals surface area contributed by atoms with Gasteiger partial charge in [-0.15, -0.1) is 0 Å². The topological polar surface area (TPSA) is 116 Å². The molecule has 4 aliphatic rings. The van der Waals surface area contributed by atoms with Gasteiger partial charge >= 0.3 is 5.97 Å². The summed E-state index contributed by atoms with van der Waals surface area (Å²) in [5.41, 5.74) is -0.323. The molecule has 0 aromatic heterocycles. The maximum atomic E-state index is 11.7. The molecule has 4 saturated carbocycles. The summed E-state index contributed by atoms with van der Waals surface area (Å²) in [4.78, 5) is 11.7. The molecule has 7 heteroatoms. The van der Waals surface area contributed by atoms with E-state index in [1.165, 1.54) is 7.11 Å². The van der Waals surface area contributed by atoms with Gasteiger partial charge in [0.25, 0.3) is 0 Å². The van der Waals surface area contributed by atoms with Crippen molar-refractivity contribution in [3.63, 3.8) is 0 Å². The molecular weight excluding hydrogens is 436 g/mol. The summed E-state index contributed by atoms with van der Waals surface area (Å²) >= 11 is 0. The largest absolute Gasteiger partial charge is 0.469 e. The summed E-state index contributed by atoms with van der Waals surface area (Å²) < 4.78 is 10.5. The van der Waals surface area contributed by atoms with E-state index in [1.807, 2.05) is 0 Å². The number of fused-ring (bicyclic) bond motifs is 5. The van der Waals surface area contributed by atoms with Gasteiger partial charge in [0.15, 0.2) is 5.79 Å². The first-order valence-corrected chi connectivity index (χ1v) is 13.4. The molecule has 196 valence electrons. The number of methoxy groups -OCH3 is 1. The van der Waals surface area contributed by atoms with Crippen LogP contribution in [-0.4, -0.2) is 64.7 Å². The predicted molar refractivity (Wildman–Crippen MR) is 126 cm³/mol.